The first-order chi connectivity index (χ1) is 17.7. The number of ether oxygens (including phenoxy) is 2. The Hall–Kier alpha value is -3.28. The number of morpholine rings is 1. The van der Waals surface area contributed by atoms with Crippen molar-refractivity contribution in [1.29, 1.82) is 5.26 Å². The van der Waals surface area contributed by atoms with Gasteiger partial charge in [0.15, 0.2) is 0 Å². The Kier molecular flexibility index (Phi) is 7.59. The molecule has 3 aliphatic rings. The van der Waals surface area contributed by atoms with E-state index in [2.05, 4.69) is 38.6 Å². The second kappa shape index (κ2) is 11.2. The Morgan fingerprint density at radius 1 is 1.17 bits per heavy atom. The van der Waals surface area contributed by atoms with Crippen LogP contribution in [0.25, 0.3) is 0 Å². The molecule has 2 atom stereocenters. The summed E-state index contributed by atoms with van der Waals surface area (Å²) in [5.41, 5.74) is 4.00. The first kappa shape index (κ1) is 24.4. The summed E-state index contributed by atoms with van der Waals surface area (Å²) < 4.78 is 11.1. The van der Waals surface area contributed by atoms with E-state index >= 15 is 0 Å². The Bertz CT molecular complexity index is 1090. The molecule has 5 rings (SSSR count). The van der Waals surface area contributed by atoms with Gasteiger partial charge in [-0.15, -0.1) is 0 Å². The maximum absolute atomic E-state index is 12.4. The lowest BCUT2D eigenvalue weighted by Gasteiger charge is -2.41. The number of fused-ring (bicyclic) bond motifs is 1. The second-order valence-electron chi connectivity index (χ2n) is 9.65. The Labute approximate surface area is 213 Å². The van der Waals surface area contributed by atoms with Gasteiger partial charge in [0, 0.05) is 49.7 Å². The fraction of sp³-hybridized carbons (Fsp3) is 0.500. The lowest BCUT2D eigenvalue weighted by molar-refractivity contribution is 0.0388. The van der Waals surface area contributed by atoms with Gasteiger partial charge in [-0.25, -0.2) is 4.79 Å². The summed E-state index contributed by atoms with van der Waals surface area (Å²) in [4.78, 5) is 17.1. The average Bonchev–Trinajstić information content (AvgIpc) is 3.17. The van der Waals surface area contributed by atoms with Crippen LogP contribution in [0, 0.1) is 11.3 Å². The fourth-order valence-corrected chi connectivity index (χ4v) is 5.42. The maximum atomic E-state index is 12.4. The molecule has 2 amide bonds. The number of nitriles is 1. The molecule has 0 bridgehead atoms. The molecule has 0 spiro atoms. The third-order valence-electron chi connectivity index (χ3n) is 7.48. The van der Waals surface area contributed by atoms with Crippen molar-refractivity contribution in [2.45, 2.75) is 44.2 Å². The highest BCUT2D eigenvalue weighted by Crippen LogP contribution is 2.53. The van der Waals surface area contributed by atoms with E-state index in [0.29, 0.717) is 19.2 Å². The number of hydrogen-bond donors (Lipinski definition) is 2. The first-order valence-electron chi connectivity index (χ1n) is 13.1. The number of rotatable bonds is 8. The molecule has 2 N–H and O–H groups in total. The zero-order valence-corrected chi connectivity index (χ0v) is 20.9. The molecule has 1 aliphatic carbocycles. The average molecular weight is 490 g/mol. The lowest BCUT2D eigenvalue weighted by atomic mass is 9.87. The number of carbonyl (C=O) groups excluding carboxylic acids is 1. The van der Waals surface area contributed by atoms with Crippen LogP contribution in [-0.2, 0) is 4.74 Å². The molecule has 1 saturated heterocycles. The van der Waals surface area contributed by atoms with Gasteiger partial charge in [0.25, 0.3) is 0 Å². The molecule has 1 saturated carbocycles. The number of hydrogen-bond acceptors (Lipinski definition) is 6. The largest absolute Gasteiger partial charge is 0.494 e. The first-order valence-corrected chi connectivity index (χ1v) is 13.1. The zero-order valence-electron chi connectivity index (χ0n) is 20.9. The van der Waals surface area contributed by atoms with Crippen molar-refractivity contribution in [3.05, 3.63) is 53.6 Å². The number of nitrogens with zero attached hydrogens (tertiary/aromatic N) is 3. The molecule has 2 heterocycles. The van der Waals surface area contributed by atoms with E-state index < -0.39 is 0 Å². The van der Waals surface area contributed by atoms with Crippen LogP contribution >= 0.6 is 0 Å². The van der Waals surface area contributed by atoms with Crippen molar-refractivity contribution in [1.82, 2.24) is 10.2 Å². The number of carbonyl (C=O) groups is 1. The van der Waals surface area contributed by atoms with Gasteiger partial charge in [0.2, 0.25) is 0 Å². The second-order valence-corrected chi connectivity index (χ2v) is 9.65. The molecule has 36 heavy (non-hydrogen) atoms. The van der Waals surface area contributed by atoms with Crippen LogP contribution in [0.2, 0.25) is 0 Å². The van der Waals surface area contributed by atoms with E-state index in [-0.39, 0.29) is 18.0 Å². The standard InChI is InChI=1S/C28H35N5O3/c1-2-36-23-10-11-24-25(19-29)27(33(26(24)18-23)22-4-3-5-22)20-6-8-21(9-7-20)31-28(34)30-12-13-32-14-16-35-17-15-32/h6-11,18,22,25,27H,2-5,12-17H2,1H3,(H2,30,31,34). The van der Waals surface area contributed by atoms with Gasteiger partial charge < -0.3 is 25.0 Å². The van der Waals surface area contributed by atoms with E-state index in [0.717, 1.165) is 73.9 Å². The molecule has 8 heteroatoms. The quantitative estimate of drug-likeness (QED) is 0.576. The highest BCUT2D eigenvalue weighted by Gasteiger charge is 2.44. The molecule has 8 nitrogen and oxygen atoms in total. The molecule has 2 aromatic rings. The van der Waals surface area contributed by atoms with Crippen LogP contribution < -0.4 is 20.3 Å². The maximum Gasteiger partial charge on any atom is 0.319 e. The Morgan fingerprint density at radius 2 is 1.94 bits per heavy atom. The summed E-state index contributed by atoms with van der Waals surface area (Å²) in [6.07, 6.45) is 3.49. The normalized spacial score (nSPS) is 21.8. The number of nitrogens with one attached hydrogen (secondary N) is 2. The van der Waals surface area contributed by atoms with Crippen LogP contribution in [-0.4, -0.2) is 63.0 Å². The van der Waals surface area contributed by atoms with Gasteiger partial charge >= 0.3 is 6.03 Å². The smallest absolute Gasteiger partial charge is 0.319 e. The summed E-state index contributed by atoms with van der Waals surface area (Å²) >= 11 is 0. The van der Waals surface area contributed by atoms with Crippen LogP contribution in [0.1, 0.15) is 49.3 Å². The fourth-order valence-electron chi connectivity index (χ4n) is 5.42. The molecule has 2 aliphatic heterocycles. The van der Waals surface area contributed by atoms with Gasteiger partial charge in [-0.05, 0) is 55.5 Å². The molecular weight excluding hydrogens is 454 g/mol. The van der Waals surface area contributed by atoms with Crippen molar-refractivity contribution >= 4 is 17.4 Å². The Morgan fingerprint density at radius 3 is 2.61 bits per heavy atom. The van der Waals surface area contributed by atoms with Crippen LogP contribution in [0.3, 0.4) is 0 Å². The van der Waals surface area contributed by atoms with E-state index in [4.69, 9.17) is 9.47 Å². The molecule has 2 fully saturated rings. The monoisotopic (exact) mass is 489 g/mol. The van der Waals surface area contributed by atoms with E-state index in [1.54, 1.807) is 0 Å². The molecule has 2 unspecified atom stereocenters. The summed E-state index contributed by atoms with van der Waals surface area (Å²) in [5, 5.41) is 16.0. The lowest BCUT2D eigenvalue weighted by Crippen LogP contribution is -2.42. The van der Waals surface area contributed by atoms with Gasteiger partial charge in [-0.2, -0.15) is 5.26 Å². The third kappa shape index (κ3) is 5.13. The SMILES string of the molecule is CCOc1ccc2c(c1)N(C1CCC1)C(c1ccc(NC(=O)NCCN3CCOCC3)cc1)C2C#N. The number of benzene rings is 2. The summed E-state index contributed by atoms with van der Waals surface area (Å²) in [5.74, 6) is 0.593. The molecule has 190 valence electrons. The highest BCUT2D eigenvalue weighted by atomic mass is 16.5. The minimum absolute atomic E-state index is 0.0522. The number of amides is 2. The highest BCUT2D eigenvalue weighted by molar-refractivity contribution is 5.89. The zero-order chi connectivity index (χ0) is 24.9. The van der Waals surface area contributed by atoms with Crippen LogP contribution in [0.4, 0.5) is 16.2 Å². The van der Waals surface area contributed by atoms with Crippen LogP contribution in [0.15, 0.2) is 42.5 Å². The van der Waals surface area contributed by atoms with Crippen LogP contribution in [0.5, 0.6) is 5.75 Å². The summed E-state index contributed by atoms with van der Waals surface area (Å²) in [6.45, 7) is 7.32. The predicted octanol–water partition coefficient (Wildman–Crippen LogP) is 4.26. The predicted molar refractivity (Wildman–Crippen MR) is 140 cm³/mol. The van der Waals surface area contributed by atoms with Crippen molar-refractivity contribution in [3.63, 3.8) is 0 Å². The molecular formula is C28H35N5O3. The number of anilines is 2. The number of urea groups is 1. The minimum atomic E-state index is -0.251. The summed E-state index contributed by atoms with van der Waals surface area (Å²) in [7, 11) is 0. The van der Waals surface area contributed by atoms with Gasteiger partial charge in [-0.3, -0.25) is 4.90 Å². The van der Waals surface area contributed by atoms with Crippen molar-refractivity contribution < 1.29 is 14.3 Å². The topological polar surface area (TPSA) is 89.9 Å². The van der Waals surface area contributed by atoms with Gasteiger partial charge in [-0.1, -0.05) is 18.2 Å². The van der Waals surface area contributed by atoms with Crippen molar-refractivity contribution in [2.24, 2.45) is 0 Å². The van der Waals surface area contributed by atoms with Crippen molar-refractivity contribution in [3.8, 4) is 11.8 Å². The molecule has 2 aromatic carbocycles. The van der Waals surface area contributed by atoms with E-state index in [1.807, 2.05) is 37.3 Å². The van der Waals surface area contributed by atoms with E-state index in [9.17, 15) is 10.1 Å². The Balaban J connectivity index is 1.27. The summed E-state index contributed by atoms with van der Waals surface area (Å²) in [6, 6.07) is 16.8. The molecule has 0 aromatic heterocycles. The van der Waals surface area contributed by atoms with Crippen molar-refractivity contribution in [2.75, 3.05) is 56.2 Å². The molecule has 0 radical (unpaired) electrons. The van der Waals surface area contributed by atoms with Gasteiger partial charge in [0.05, 0.1) is 37.8 Å². The third-order valence-corrected chi connectivity index (χ3v) is 7.48. The van der Waals surface area contributed by atoms with E-state index in [1.165, 1.54) is 6.42 Å². The minimum Gasteiger partial charge on any atom is -0.494 e. The van der Waals surface area contributed by atoms with Gasteiger partial charge in [0.1, 0.15) is 5.75 Å².